The van der Waals surface area contributed by atoms with E-state index < -0.39 is 0 Å². The molecule has 0 heterocycles. The Morgan fingerprint density at radius 2 is 2.06 bits per heavy atom. The van der Waals surface area contributed by atoms with Gasteiger partial charge in [0.25, 0.3) is 5.91 Å². The van der Waals surface area contributed by atoms with E-state index in [1.54, 1.807) is 0 Å². The van der Waals surface area contributed by atoms with Gasteiger partial charge in [-0.25, -0.2) is 0 Å². The second-order valence-electron chi connectivity index (χ2n) is 4.80. The van der Waals surface area contributed by atoms with Crippen LogP contribution in [0.1, 0.15) is 41.3 Å². The molecule has 1 aliphatic carbocycles. The molecule has 0 saturated carbocycles. The number of benzene rings is 1. The molecule has 3 nitrogen and oxygen atoms in total. The maximum atomic E-state index is 11.9. The highest BCUT2D eigenvalue weighted by molar-refractivity contribution is 5.94. The molecular weight excluding hydrogens is 224 g/mol. The lowest BCUT2D eigenvalue weighted by molar-refractivity contribution is 0.0953. The number of carbonyl (C=O) groups is 1. The van der Waals surface area contributed by atoms with Crippen LogP contribution >= 0.6 is 0 Å². The third kappa shape index (κ3) is 3.33. The van der Waals surface area contributed by atoms with Crippen molar-refractivity contribution >= 4 is 5.91 Å². The zero-order valence-electron chi connectivity index (χ0n) is 11.1. The summed E-state index contributed by atoms with van der Waals surface area (Å²) in [6.07, 6.45) is 4.49. The lowest BCUT2D eigenvalue weighted by Gasteiger charge is -2.07. The van der Waals surface area contributed by atoms with Crippen molar-refractivity contribution in [2.45, 2.75) is 32.6 Å². The van der Waals surface area contributed by atoms with E-state index in [9.17, 15) is 4.79 Å². The minimum atomic E-state index is 0.0567. The van der Waals surface area contributed by atoms with E-state index in [-0.39, 0.29) is 5.91 Å². The molecule has 0 aromatic heterocycles. The predicted octanol–water partition coefficient (Wildman–Crippen LogP) is 1.90. The maximum Gasteiger partial charge on any atom is 0.251 e. The Morgan fingerprint density at radius 1 is 1.22 bits per heavy atom. The lowest BCUT2D eigenvalue weighted by Crippen LogP contribution is -2.27. The molecule has 1 aromatic carbocycles. The zero-order chi connectivity index (χ0) is 12.8. The third-order valence-electron chi connectivity index (χ3n) is 3.43. The van der Waals surface area contributed by atoms with Gasteiger partial charge in [-0.2, -0.15) is 0 Å². The van der Waals surface area contributed by atoms with Crippen molar-refractivity contribution in [3.63, 3.8) is 0 Å². The van der Waals surface area contributed by atoms with Crippen LogP contribution in [-0.4, -0.2) is 25.5 Å². The summed E-state index contributed by atoms with van der Waals surface area (Å²) in [7, 11) is 0. The normalized spacial score (nSPS) is 13.4. The summed E-state index contributed by atoms with van der Waals surface area (Å²) >= 11 is 0. The van der Waals surface area contributed by atoms with Crippen LogP contribution in [0.2, 0.25) is 0 Å². The highest BCUT2D eigenvalue weighted by Gasteiger charge is 2.13. The van der Waals surface area contributed by atoms with E-state index >= 15 is 0 Å². The van der Waals surface area contributed by atoms with Crippen LogP contribution < -0.4 is 10.6 Å². The molecule has 1 aromatic rings. The zero-order valence-corrected chi connectivity index (χ0v) is 11.1. The monoisotopic (exact) mass is 246 g/mol. The molecule has 0 spiro atoms. The van der Waals surface area contributed by atoms with Gasteiger partial charge in [0.05, 0.1) is 0 Å². The quantitative estimate of drug-likeness (QED) is 0.753. The average Bonchev–Trinajstić information content (AvgIpc) is 2.85. The number of hydrogen-bond acceptors (Lipinski definition) is 2. The molecule has 1 aliphatic rings. The van der Waals surface area contributed by atoms with Crippen molar-refractivity contribution in [2.75, 3.05) is 19.6 Å². The molecule has 2 rings (SSSR count). The van der Waals surface area contributed by atoms with Crippen LogP contribution in [0.5, 0.6) is 0 Å². The summed E-state index contributed by atoms with van der Waals surface area (Å²) in [5, 5.41) is 6.21. The van der Waals surface area contributed by atoms with Crippen molar-refractivity contribution in [1.82, 2.24) is 10.6 Å². The molecule has 1 amide bonds. The number of nitrogens with one attached hydrogen (secondary N) is 2. The van der Waals surface area contributed by atoms with Crippen LogP contribution in [0, 0.1) is 0 Å². The Bertz CT molecular complexity index is 415. The van der Waals surface area contributed by atoms with Gasteiger partial charge in [-0.3, -0.25) is 4.79 Å². The van der Waals surface area contributed by atoms with Crippen molar-refractivity contribution in [2.24, 2.45) is 0 Å². The molecule has 0 fully saturated rings. The molecule has 18 heavy (non-hydrogen) atoms. The first kappa shape index (κ1) is 13.1. The van der Waals surface area contributed by atoms with Gasteiger partial charge in [0, 0.05) is 12.1 Å². The minimum Gasteiger partial charge on any atom is -0.352 e. The van der Waals surface area contributed by atoms with E-state index in [4.69, 9.17) is 0 Å². The van der Waals surface area contributed by atoms with Gasteiger partial charge in [-0.05, 0) is 62.0 Å². The van der Waals surface area contributed by atoms with Crippen molar-refractivity contribution in [1.29, 1.82) is 0 Å². The molecule has 3 heteroatoms. The number of carbonyl (C=O) groups excluding carboxylic acids is 1. The Hall–Kier alpha value is -1.35. The summed E-state index contributed by atoms with van der Waals surface area (Å²) in [5.74, 6) is 0.0567. The van der Waals surface area contributed by atoms with Gasteiger partial charge >= 0.3 is 0 Å². The number of hydrogen-bond donors (Lipinski definition) is 2. The Kier molecular flexibility index (Phi) is 4.76. The second kappa shape index (κ2) is 6.55. The summed E-state index contributed by atoms with van der Waals surface area (Å²) in [6, 6.07) is 6.11. The van der Waals surface area contributed by atoms with E-state index in [0.29, 0.717) is 0 Å². The molecule has 98 valence electrons. The summed E-state index contributed by atoms with van der Waals surface area (Å²) in [4.78, 5) is 11.9. The molecule has 0 saturated heterocycles. The molecule has 0 aliphatic heterocycles. The first-order valence-corrected chi connectivity index (χ1v) is 6.92. The van der Waals surface area contributed by atoms with E-state index in [0.717, 1.165) is 38.0 Å². The van der Waals surface area contributed by atoms with Crippen LogP contribution in [0.4, 0.5) is 0 Å². The molecular formula is C15H22N2O. The van der Waals surface area contributed by atoms with E-state index in [2.05, 4.69) is 29.7 Å². The summed E-state index contributed by atoms with van der Waals surface area (Å²) < 4.78 is 0. The van der Waals surface area contributed by atoms with Gasteiger partial charge in [0.15, 0.2) is 0 Å². The Balaban J connectivity index is 1.82. The van der Waals surface area contributed by atoms with Crippen molar-refractivity contribution in [3.05, 3.63) is 34.9 Å². The molecule has 0 unspecified atom stereocenters. The summed E-state index contributed by atoms with van der Waals surface area (Å²) in [6.45, 7) is 4.77. The van der Waals surface area contributed by atoms with Crippen molar-refractivity contribution < 1.29 is 4.79 Å². The van der Waals surface area contributed by atoms with Gasteiger partial charge in [0.2, 0.25) is 0 Å². The van der Waals surface area contributed by atoms with Gasteiger partial charge in [0.1, 0.15) is 0 Å². The van der Waals surface area contributed by atoms with E-state index in [1.807, 2.05) is 6.07 Å². The third-order valence-corrected chi connectivity index (χ3v) is 3.43. The van der Waals surface area contributed by atoms with Gasteiger partial charge < -0.3 is 10.6 Å². The SMILES string of the molecule is CCNCCCNC(=O)c1ccc2c(c1)CCC2. The van der Waals surface area contributed by atoms with Crippen LogP contribution in [0.25, 0.3) is 0 Å². The summed E-state index contributed by atoms with van der Waals surface area (Å²) in [5.41, 5.74) is 3.58. The molecule has 0 bridgehead atoms. The molecule has 0 atom stereocenters. The first-order valence-electron chi connectivity index (χ1n) is 6.92. The topological polar surface area (TPSA) is 41.1 Å². The highest BCUT2D eigenvalue weighted by Crippen LogP contribution is 2.22. The first-order chi connectivity index (χ1) is 8.81. The predicted molar refractivity (Wildman–Crippen MR) is 74.0 cm³/mol. The van der Waals surface area contributed by atoms with Crippen molar-refractivity contribution in [3.8, 4) is 0 Å². The number of fused-ring (bicyclic) bond motifs is 1. The fourth-order valence-corrected chi connectivity index (χ4v) is 2.41. The second-order valence-corrected chi connectivity index (χ2v) is 4.80. The average molecular weight is 246 g/mol. The standard InChI is InChI=1S/C15H22N2O/c1-2-16-9-4-10-17-15(18)14-8-7-12-5-3-6-13(12)11-14/h7-8,11,16H,2-6,9-10H2,1H3,(H,17,18). The molecule has 2 N–H and O–H groups in total. The number of aryl methyl sites for hydroxylation is 2. The molecule has 0 radical (unpaired) electrons. The van der Waals surface area contributed by atoms with Crippen LogP contribution in [0.3, 0.4) is 0 Å². The van der Waals surface area contributed by atoms with Gasteiger partial charge in [-0.15, -0.1) is 0 Å². The smallest absolute Gasteiger partial charge is 0.251 e. The highest BCUT2D eigenvalue weighted by atomic mass is 16.1. The van der Waals surface area contributed by atoms with Crippen LogP contribution in [-0.2, 0) is 12.8 Å². The Morgan fingerprint density at radius 3 is 2.89 bits per heavy atom. The Labute approximate surface area is 109 Å². The maximum absolute atomic E-state index is 11.9. The fourth-order valence-electron chi connectivity index (χ4n) is 2.41. The minimum absolute atomic E-state index is 0.0567. The number of amides is 1. The largest absolute Gasteiger partial charge is 0.352 e. The van der Waals surface area contributed by atoms with Gasteiger partial charge in [-0.1, -0.05) is 13.0 Å². The van der Waals surface area contributed by atoms with Crippen LogP contribution in [0.15, 0.2) is 18.2 Å². The van der Waals surface area contributed by atoms with E-state index in [1.165, 1.54) is 24.0 Å². The fraction of sp³-hybridized carbons (Fsp3) is 0.533. The lowest BCUT2D eigenvalue weighted by atomic mass is 10.1. The number of rotatable bonds is 6.